The molecule has 0 atom stereocenters. The van der Waals surface area contributed by atoms with E-state index in [-0.39, 0.29) is 22.5 Å². The topological polar surface area (TPSA) is 85.9 Å². The van der Waals surface area contributed by atoms with E-state index < -0.39 is 5.97 Å². The third-order valence-electron chi connectivity index (χ3n) is 4.83. The molecule has 9 heteroatoms. The van der Waals surface area contributed by atoms with Gasteiger partial charge in [0.15, 0.2) is 5.11 Å². The molecule has 1 aliphatic heterocycles. The molecule has 172 valence electrons. The first-order valence-corrected chi connectivity index (χ1v) is 11.5. The molecule has 1 aromatic carbocycles. The zero-order valence-corrected chi connectivity index (χ0v) is 20.5. The summed E-state index contributed by atoms with van der Waals surface area (Å²) >= 11 is 6.75. The van der Waals surface area contributed by atoms with Crippen molar-refractivity contribution in [3.05, 3.63) is 45.8 Å². The number of nitrogens with one attached hydrogen (secondary N) is 2. The summed E-state index contributed by atoms with van der Waals surface area (Å²) in [5.41, 5.74) is 1.38. The molecule has 1 aliphatic rings. The molecule has 0 unspecified atom stereocenters. The minimum absolute atomic E-state index is 0.0921. The van der Waals surface area contributed by atoms with Crippen LogP contribution in [0.4, 0.5) is 5.00 Å². The second kappa shape index (κ2) is 9.97. The highest BCUT2D eigenvalue weighted by Gasteiger charge is 2.34. The number of carbonyl (C=O) groups is 2. The fourth-order valence-corrected chi connectivity index (χ4v) is 4.63. The van der Waals surface area contributed by atoms with Crippen molar-refractivity contribution in [2.24, 2.45) is 5.92 Å². The van der Waals surface area contributed by atoms with Gasteiger partial charge in [-0.2, -0.15) is 0 Å². The Balaban J connectivity index is 1.81. The highest BCUT2D eigenvalue weighted by molar-refractivity contribution is 7.80. The Kier molecular flexibility index (Phi) is 7.53. The summed E-state index contributed by atoms with van der Waals surface area (Å²) in [6, 6.07) is 6.76. The van der Waals surface area contributed by atoms with Gasteiger partial charge in [0.05, 0.1) is 31.5 Å². The van der Waals surface area contributed by atoms with Crippen LogP contribution in [0.2, 0.25) is 0 Å². The molecule has 32 heavy (non-hydrogen) atoms. The number of amides is 1. The number of rotatable bonds is 6. The smallest absolute Gasteiger partial charge is 0.341 e. The number of ether oxygens (including phenoxy) is 3. The predicted molar refractivity (Wildman–Crippen MR) is 129 cm³/mol. The van der Waals surface area contributed by atoms with Crippen LogP contribution in [0.3, 0.4) is 0 Å². The van der Waals surface area contributed by atoms with Crippen LogP contribution in [0.5, 0.6) is 5.75 Å². The number of esters is 1. The summed E-state index contributed by atoms with van der Waals surface area (Å²) in [4.78, 5) is 26.5. The van der Waals surface area contributed by atoms with Gasteiger partial charge >= 0.3 is 5.97 Å². The van der Waals surface area contributed by atoms with E-state index in [1.54, 1.807) is 24.3 Å². The van der Waals surface area contributed by atoms with Crippen molar-refractivity contribution in [2.75, 3.05) is 19.0 Å². The van der Waals surface area contributed by atoms with Crippen molar-refractivity contribution >= 4 is 45.5 Å². The lowest BCUT2D eigenvalue weighted by Gasteiger charge is -2.30. The first kappa shape index (κ1) is 24.2. The van der Waals surface area contributed by atoms with E-state index >= 15 is 0 Å². The quantitative estimate of drug-likeness (QED) is 0.467. The van der Waals surface area contributed by atoms with Crippen molar-refractivity contribution in [3.63, 3.8) is 0 Å². The molecular weight excluding hydrogens is 448 g/mol. The molecule has 2 aromatic rings. The highest BCUT2D eigenvalue weighted by Crippen LogP contribution is 2.40. The van der Waals surface area contributed by atoms with Crippen LogP contribution in [0.1, 0.15) is 58.9 Å². The summed E-state index contributed by atoms with van der Waals surface area (Å²) in [5.74, 6) is 0.00234. The minimum atomic E-state index is -0.404. The summed E-state index contributed by atoms with van der Waals surface area (Å²) in [5, 5.41) is 6.32. The molecule has 0 aliphatic carbocycles. The fraction of sp³-hybridized carbons (Fsp3) is 0.435. The van der Waals surface area contributed by atoms with Crippen molar-refractivity contribution < 1.29 is 23.8 Å². The molecule has 0 radical (unpaired) electrons. The van der Waals surface area contributed by atoms with Crippen molar-refractivity contribution in [3.8, 4) is 5.75 Å². The molecule has 0 saturated heterocycles. The monoisotopic (exact) mass is 476 g/mol. The van der Waals surface area contributed by atoms with Gasteiger partial charge in [0.1, 0.15) is 10.8 Å². The van der Waals surface area contributed by atoms with Crippen LogP contribution in [0, 0.1) is 5.92 Å². The van der Waals surface area contributed by atoms with Gasteiger partial charge in [0.2, 0.25) is 0 Å². The number of thiocarbonyl (C=S) groups is 1. The van der Waals surface area contributed by atoms with Crippen LogP contribution in [-0.4, -0.2) is 36.3 Å². The Morgan fingerprint density at radius 2 is 2.06 bits per heavy atom. The van der Waals surface area contributed by atoms with E-state index in [0.717, 1.165) is 10.4 Å². The fourth-order valence-electron chi connectivity index (χ4n) is 3.25. The third-order valence-corrected chi connectivity index (χ3v) is 6.15. The standard InChI is InChI=1S/C23H28N2O5S2/c1-13(2)11-29-21(27)18-16-10-23(3,4)30-12-17(16)32-20(18)25-22(31)24-19(26)14-7-6-8-15(9-14)28-5/h6-9,13H,10-12H2,1-5H3,(H2,24,25,26,31). The molecule has 2 heterocycles. The Morgan fingerprint density at radius 1 is 1.31 bits per heavy atom. The molecule has 3 rings (SSSR count). The number of hydrogen-bond donors (Lipinski definition) is 2. The first-order valence-electron chi connectivity index (χ1n) is 10.3. The number of fused-ring (bicyclic) bond motifs is 1. The van der Waals surface area contributed by atoms with Crippen molar-refractivity contribution in [2.45, 2.75) is 46.3 Å². The second-order valence-electron chi connectivity index (χ2n) is 8.57. The maximum absolute atomic E-state index is 13.0. The normalized spacial score (nSPS) is 14.4. The predicted octanol–water partition coefficient (Wildman–Crippen LogP) is 4.55. The number of thiophene rings is 1. The summed E-state index contributed by atoms with van der Waals surface area (Å²) in [6.07, 6.45) is 0.579. The molecule has 1 amide bonds. The van der Waals surface area contributed by atoms with Gasteiger partial charge in [0.25, 0.3) is 5.91 Å². The van der Waals surface area contributed by atoms with Gasteiger partial charge in [0, 0.05) is 16.9 Å². The van der Waals surface area contributed by atoms with E-state index in [9.17, 15) is 9.59 Å². The molecule has 0 fully saturated rings. The molecule has 0 saturated carbocycles. The van der Waals surface area contributed by atoms with Crippen molar-refractivity contribution in [1.29, 1.82) is 0 Å². The Bertz CT molecular complexity index is 1030. The SMILES string of the molecule is COc1cccc(C(=O)NC(=S)Nc2sc3c(c2C(=O)OCC(C)C)CC(C)(C)OC3)c1. The number of anilines is 1. The minimum Gasteiger partial charge on any atom is -0.497 e. The zero-order chi connectivity index (χ0) is 23.5. The van der Waals surface area contributed by atoms with Gasteiger partial charge in [-0.25, -0.2) is 4.79 Å². The highest BCUT2D eigenvalue weighted by atomic mass is 32.1. The second-order valence-corrected chi connectivity index (χ2v) is 10.1. The number of hydrogen-bond acceptors (Lipinski definition) is 7. The lowest BCUT2D eigenvalue weighted by atomic mass is 9.93. The van der Waals surface area contributed by atoms with Crippen LogP contribution in [0.15, 0.2) is 24.3 Å². The maximum atomic E-state index is 13.0. The third kappa shape index (κ3) is 5.85. The van der Waals surface area contributed by atoms with E-state index in [2.05, 4.69) is 10.6 Å². The average molecular weight is 477 g/mol. The number of benzene rings is 1. The summed E-state index contributed by atoms with van der Waals surface area (Å²) in [7, 11) is 1.53. The summed E-state index contributed by atoms with van der Waals surface area (Å²) in [6.45, 7) is 8.67. The molecule has 0 spiro atoms. The molecule has 1 aromatic heterocycles. The molecular formula is C23H28N2O5S2. The number of methoxy groups -OCH3 is 1. The van der Waals surface area contributed by atoms with Gasteiger partial charge in [-0.15, -0.1) is 11.3 Å². The molecule has 2 N–H and O–H groups in total. The Labute approximate surface area is 197 Å². The van der Waals surface area contributed by atoms with Crippen LogP contribution < -0.4 is 15.4 Å². The molecule has 0 bridgehead atoms. The largest absolute Gasteiger partial charge is 0.497 e. The van der Waals surface area contributed by atoms with E-state index in [1.807, 2.05) is 27.7 Å². The van der Waals surface area contributed by atoms with Gasteiger partial charge in [-0.1, -0.05) is 19.9 Å². The van der Waals surface area contributed by atoms with Crippen LogP contribution in [0.25, 0.3) is 0 Å². The van der Waals surface area contributed by atoms with Gasteiger partial charge < -0.3 is 19.5 Å². The number of carbonyl (C=O) groups excluding carboxylic acids is 2. The van der Waals surface area contributed by atoms with Gasteiger partial charge in [-0.3, -0.25) is 10.1 Å². The Hall–Kier alpha value is -2.49. The van der Waals surface area contributed by atoms with Gasteiger partial charge in [-0.05, 0) is 55.7 Å². The zero-order valence-electron chi connectivity index (χ0n) is 18.9. The van der Waals surface area contributed by atoms with Crippen molar-refractivity contribution in [1.82, 2.24) is 5.32 Å². The van der Waals surface area contributed by atoms with E-state index in [1.165, 1.54) is 18.4 Å². The lowest BCUT2D eigenvalue weighted by molar-refractivity contribution is -0.0385. The summed E-state index contributed by atoms with van der Waals surface area (Å²) < 4.78 is 16.6. The van der Waals surface area contributed by atoms with Crippen LogP contribution in [-0.2, 0) is 22.5 Å². The Morgan fingerprint density at radius 3 is 2.75 bits per heavy atom. The molecule has 7 nitrogen and oxygen atoms in total. The first-order chi connectivity index (χ1) is 15.1. The lowest BCUT2D eigenvalue weighted by Crippen LogP contribution is -2.34. The van der Waals surface area contributed by atoms with E-state index in [4.69, 9.17) is 26.4 Å². The van der Waals surface area contributed by atoms with E-state index in [0.29, 0.717) is 41.5 Å². The van der Waals surface area contributed by atoms with Crippen LogP contribution >= 0.6 is 23.6 Å². The maximum Gasteiger partial charge on any atom is 0.341 e. The average Bonchev–Trinajstić information content (AvgIpc) is 3.07.